The summed E-state index contributed by atoms with van der Waals surface area (Å²) in [6.07, 6.45) is 12.0. The fourth-order valence-electron chi connectivity index (χ4n) is 15.1. The molecule has 0 aliphatic heterocycles. The molecule has 0 spiro atoms. The molecule has 0 aromatic heterocycles. The molecule has 1 fully saturated rings. The van der Waals surface area contributed by atoms with E-state index in [0.717, 1.165) is 43.6 Å². The second kappa shape index (κ2) is 22.1. The van der Waals surface area contributed by atoms with Crippen LogP contribution in [-0.2, 0) is 21.7 Å². The van der Waals surface area contributed by atoms with Gasteiger partial charge < -0.3 is 14.7 Å². The Morgan fingerprint density at radius 1 is 0.291 bits per heavy atom. The molecule has 2 bridgehead atoms. The lowest BCUT2D eigenvalue weighted by atomic mass is 9.72. The van der Waals surface area contributed by atoms with Gasteiger partial charge in [0.05, 0.1) is 0 Å². The van der Waals surface area contributed by atoms with E-state index in [-0.39, 0.29) is 43.3 Å². The van der Waals surface area contributed by atoms with Crippen molar-refractivity contribution in [3.8, 4) is 0 Å². The Balaban J connectivity index is 1.17. The Kier molecular flexibility index (Phi) is 16.6. The molecule has 0 N–H and O–H groups in total. The first kappa shape index (κ1) is 59.6. The third-order valence-corrected chi connectivity index (χ3v) is 17.2. The summed E-state index contributed by atoms with van der Waals surface area (Å²) < 4.78 is 0. The molecule has 3 unspecified atom stereocenters. The number of fused-ring (bicyclic) bond motifs is 2. The van der Waals surface area contributed by atoms with Crippen molar-refractivity contribution in [3.63, 3.8) is 0 Å². The van der Waals surface area contributed by atoms with Gasteiger partial charge in [-0.25, -0.2) is 0 Å². The summed E-state index contributed by atoms with van der Waals surface area (Å²) in [6.45, 7) is 48.4. The van der Waals surface area contributed by atoms with Gasteiger partial charge in [0, 0.05) is 52.0 Å². The lowest BCUT2D eigenvalue weighted by Crippen LogP contribution is -2.27. The predicted molar refractivity (Wildman–Crippen MR) is 346 cm³/mol. The summed E-state index contributed by atoms with van der Waals surface area (Å²) in [5, 5.41) is 0. The van der Waals surface area contributed by atoms with E-state index >= 15 is 0 Å². The topological polar surface area (TPSA) is 9.72 Å². The average Bonchev–Trinajstić information content (AvgIpc) is 3.98. The fourth-order valence-corrected chi connectivity index (χ4v) is 15.1. The second-order valence-corrected chi connectivity index (χ2v) is 32.0. The van der Waals surface area contributed by atoms with Gasteiger partial charge in [0.2, 0.25) is 0 Å². The maximum atomic E-state index is 2.61. The van der Waals surface area contributed by atoms with Gasteiger partial charge in [-0.2, -0.15) is 0 Å². The van der Waals surface area contributed by atoms with Crippen LogP contribution >= 0.6 is 0 Å². The first-order valence-corrected chi connectivity index (χ1v) is 30.2. The second-order valence-electron chi connectivity index (χ2n) is 32.0. The van der Waals surface area contributed by atoms with E-state index in [1.165, 1.54) is 69.2 Å². The standard InChI is InChI=1S/C76H103N3/c1-69(2,3)50-73(13,14)57-23-31-63(32-24-57)78(64-33-25-58(26-34-64)74(15,16)51-70(4,5)6)67-43-39-61(40-44-67)77(49-56-48-54-21-22-55(56)47-54)62-41-45-68(46-42-62)79(65-35-27-59(28-36-65)75(17,18)52-71(7,8)9)66-37-29-60(30-38-66)76(19,20)53-72(10,11)12/h21-46,54-56H,47-53H2,1-20H3. The highest BCUT2D eigenvalue weighted by Gasteiger charge is 2.37. The highest BCUT2D eigenvalue weighted by molar-refractivity contribution is 5.81. The Morgan fingerprint density at radius 2 is 0.519 bits per heavy atom. The monoisotopic (exact) mass is 1060 g/mol. The minimum absolute atomic E-state index is 0.0573. The molecular weight excluding hydrogens is 955 g/mol. The Hall–Kier alpha value is -5.54. The lowest BCUT2D eigenvalue weighted by molar-refractivity contribution is 0.283. The van der Waals surface area contributed by atoms with Gasteiger partial charge in [-0.05, 0) is 219 Å². The van der Waals surface area contributed by atoms with Crippen molar-refractivity contribution in [2.24, 2.45) is 39.4 Å². The molecule has 422 valence electrons. The summed E-state index contributed by atoms with van der Waals surface area (Å²) in [7, 11) is 0. The zero-order valence-electron chi connectivity index (χ0n) is 53.0. The normalized spacial score (nSPS) is 17.3. The van der Waals surface area contributed by atoms with Crippen LogP contribution in [0.15, 0.2) is 158 Å². The lowest BCUT2D eigenvalue weighted by Gasteiger charge is -2.34. The van der Waals surface area contributed by atoms with Crippen LogP contribution in [0.2, 0.25) is 0 Å². The summed E-state index contributed by atoms with van der Waals surface area (Å²) in [5.74, 6) is 1.94. The third kappa shape index (κ3) is 14.9. The van der Waals surface area contributed by atoms with Crippen molar-refractivity contribution in [2.45, 2.75) is 199 Å². The fraction of sp³-hybridized carbons (Fsp3) is 0.500. The van der Waals surface area contributed by atoms with Gasteiger partial charge in [-0.3, -0.25) is 0 Å². The Morgan fingerprint density at radius 3 is 0.722 bits per heavy atom. The first-order valence-electron chi connectivity index (χ1n) is 30.2. The molecule has 2 aliphatic carbocycles. The smallest absolute Gasteiger partial charge is 0.0463 e. The van der Waals surface area contributed by atoms with Crippen molar-refractivity contribution >= 4 is 45.5 Å². The number of anilines is 8. The van der Waals surface area contributed by atoms with Crippen LogP contribution in [0.4, 0.5) is 45.5 Å². The number of hydrogen-bond acceptors (Lipinski definition) is 3. The summed E-state index contributed by atoms with van der Waals surface area (Å²) in [6, 6.07) is 56.6. The van der Waals surface area contributed by atoms with E-state index in [9.17, 15) is 0 Å². The minimum atomic E-state index is 0.0573. The van der Waals surface area contributed by atoms with Crippen LogP contribution in [-0.4, -0.2) is 6.54 Å². The molecule has 0 amide bonds. The zero-order valence-corrected chi connectivity index (χ0v) is 53.0. The average molecular weight is 1060 g/mol. The molecule has 1 saturated carbocycles. The maximum absolute atomic E-state index is 2.61. The molecule has 3 atom stereocenters. The van der Waals surface area contributed by atoms with Gasteiger partial charge in [0.25, 0.3) is 0 Å². The molecule has 0 heterocycles. The molecule has 2 aliphatic rings. The minimum Gasteiger partial charge on any atom is -0.341 e. The van der Waals surface area contributed by atoms with Crippen LogP contribution in [0.3, 0.4) is 0 Å². The van der Waals surface area contributed by atoms with Crippen LogP contribution in [0.1, 0.15) is 199 Å². The molecule has 79 heavy (non-hydrogen) atoms. The van der Waals surface area contributed by atoms with Crippen molar-refractivity contribution in [3.05, 3.63) is 180 Å². The van der Waals surface area contributed by atoms with Gasteiger partial charge in [0.1, 0.15) is 0 Å². The molecule has 0 radical (unpaired) electrons. The first-order chi connectivity index (χ1) is 36.5. The SMILES string of the molecule is CC(C)(C)CC(C)(C)c1ccc(N(c2ccc(N(CC3CC4C=CC3C4)c3ccc(N(c4ccc(C(C)(C)CC(C)(C)C)cc4)c4ccc(C(C)(C)CC(C)(C)C)cc4)cc3)cc2)c2ccc(C(C)(C)CC(C)(C)C)cc2)cc1. The molecule has 3 heteroatoms. The van der Waals surface area contributed by atoms with E-state index in [4.69, 9.17) is 0 Å². The summed E-state index contributed by atoms with van der Waals surface area (Å²) >= 11 is 0. The van der Waals surface area contributed by atoms with Gasteiger partial charge in [-0.15, -0.1) is 0 Å². The van der Waals surface area contributed by atoms with Crippen molar-refractivity contribution in [1.82, 2.24) is 0 Å². The van der Waals surface area contributed by atoms with E-state index < -0.39 is 0 Å². The molecular formula is C76H103N3. The number of allylic oxidation sites excluding steroid dienone is 2. The Bertz CT molecular complexity index is 2640. The third-order valence-electron chi connectivity index (χ3n) is 17.2. The van der Waals surface area contributed by atoms with E-state index in [1.807, 2.05) is 0 Å². The van der Waals surface area contributed by atoms with Crippen LogP contribution in [0, 0.1) is 39.4 Å². The van der Waals surface area contributed by atoms with Gasteiger partial charge in [0.15, 0.2) is 0 Å². The van der Waals surface area contributed by atoms with Gasteiger partial charge in [-0.1, -0.05) is 199 Å². The molecule has 0 saturated heterocycles. The zero-order chi connectivity index (χ0) is 57.7. The predicted octanol–water partition coefficient (Wildman–Crippen LogP) is 22.8. The number of nitrogens with zero attached hydrogens (tertiary/aromatic N) is 3. The summed E-state index contributed by atoms with van der Waals surface area (Å²) in [5.41, 5.74) is 16.1. The number of hydrogen-bond donors (Lipinski definition) is 0. The van der Waals surface area contributed by atoms with Crippen LogP contribution < -0.4 is 14.7 Å². The quantitative estimate of drug-likeness (QED) is 0.0794. The Labute approximate surface area is 482 Å². The molecule has 6 aromatic carbocycles. The molecule has 6 aromatic rings. The molecule has 3 nitrogen and oxygen atoms in total. The van der Waals surface area contributed by atoms with Crippen molar-refractivity contribution < 1.29 is 0 Å². The maximum Gasteiger partial charge on any atom is 0.0463 e. The van der Waals surface area contributed by atoms with Crippen molar-refractivity contribution in [1.29, 1.82) is 0 Å². The summed E-state index contributed by atoms with van der Waals surface area (Å²) in [4.78, 5) is 7.52. The van der Waals surface area contributed by atoms with E-state index in [0.29, 0.717) is 17.8 Å². The highest BCUT2D eigenvalue weighted by Crippen LogP contribution is 2.48. The van der Waals surface area contributed by atoms with E-state index in [1.54, 1.807) is 0 Å². The molecule has 8 rings (SSSR count). The van der Waals surface area contributed by atoms with Gasteiger partial charge >= 0.3 is 0 Å². The van der Waals surface area contributed by atoms with Crippen LogP contribution in [0.5, 0.6) is 0 Å². The highest BCUT2D eigenvalue weighted by atomic mass is 15.2. The number of rotatable bonds is 18. The van der Waals surface area contributed by atoms with E-state index in [2.05, 4.69) is 311 Å². The van der Waals surface area contributed by atoms with Crippen LogP contribution in [0.25, 0.3) is 0 Å². The largest absolute Gasteiger partial charge is 0.341 e. The number of benzene rings is 6. The van der Waals surface area contributed by atoms with Crippen molar-refractivity contribution in [2.75, 3.05) is 21.2 Å².